The fourth-order valence-corrected chi connectivity index (χ4v) is 3.12. The molecule has 5 heteroatoms. The number of hydrogen-bond acceptors (Lipinski definition) is 4. The van der Waals surface area contributed by atoms with Crippen LogP contribution in [0.5, 0.6) is 0 Å². The first-order valence-electron chi connectivity index (χ1n) is 7.02. The fraction of sp³-hybridized carbons (Fsp3) is 0.167. The van der Waals surface area contributed by atoms with E-state index in [-0.39, 0.29) is 18.0 Å². The molecule has 2 aromatic rings. The quantitative estimate of drug-likeness (QED) is 0.641. The van der Waals surface area contributed by atoms with Gasteiger partial charge in [-0.05, 0) is 17.7 Å². The third-order valence-corrected chi connectivity index (χ3v) is 4.42. The van der Waals surface area contributed by atoms with Crippen LogP contribution in [0, 0.1) is 0 Å². The Bertz CT molecular complexity index is 773. The van der Waals surface area contributed by atoms with Crippen LogP contribution in [0.2, 0.25) is 5.02 Å². The van der Waals surface area contributed by atoms with Crippen molar-refractivity contribution in [3.05, 3.63) is 70.2 Å². The first-order chi connectivity index (χ1) is 11.0. The van der Waals surface area contributed by atoms with E-state index in [4.69, 9.17) is 16.3 Å². The lowest BCUT2D eigenvalue weighted by atomic mass is 9.73. The van der Waals surface area contributed by atoms with Crippen molar-refractivity contribution in [1.29, 1.82) is 0 Å². The second kappa shape index (κ2) is 5.63. The Balaban J connectivity index is 2.22. The summed E-state index contributed by atoms with van der Waals surface area (Å²) < 4.78 is 4.71. The van der Waals surface area contributed by atoms with Crippen molar-refractivity contribution in [1.82, 2.24) is 0 Å². The number of ether oxygens (including phenoxy) is 1. The van der Waals surface area contributed by atoms with Crippen LogP contribution in [0.15, 0.2) is 48.5 Å². The summed E-state index contributed by atoms with van der Waals surface area (Å²) in [6, 6.07) is 13.0. The van der Waals surface area contributed by atoms with Gasteiger partial charge in [0.05, 0.1) is 13.5 Å². The van der Waals surface area contributed by atoms with E-state index < -0.39 is 11.4 Å². The number of ketones is 2. The number of methoxy groups -OCH3 is 1. The zero-order valence-corrected chi connectivity index (χ0v) is 13.1. The van der Waals surface area contributed by atoms with Crippen molar-refractivity contribution in [2.24, 2.45) is 0 Å². The van der Waals surface area contributed by atoms with E-state index in [1.807, 2.05) is 0 Å². The Morgan fingerprint density at radius 1 is 1.00 bits per heavy atom. The van der Waals surface area contributed by atoms with Gasteiger partial charge in [-0.1, -0.05) is 48.0 Å². The molecule has 1 aliphatic carbocycles. The SMILES string of the molecule is COC(=O)CC1(c2ccc(Cl)cc2)C(=O)c2ccccc2C1=O. The van der Waals surface area contributed by atoms with Gasteiger partial charge in [-0.25, -0.2) is 0 Å². The van der Waals surface area contributed by atoms with Crippen molar-refractivity contribution >= 4 is 29.1 Å². The van der Waals surface area contributed by atoms with Crippen LogP contribution in [0.3, 0.4) is 0 Å². The van der Waals surface area contributed by atoms with Crippen LogP contribution < -0.4 is 0 Å². The van der Waals surface area contributed by atoms with E-state index in [1.54, 1.807) is 48.5 Å². The molecule has 0 heterocycles. The number of halogens is 1. The van der Waals surface area contributed by atoms with Gasteiger partial charge in [-0.2, -0.15) is 0 Å². The summed E-state index contributed by atoms with van der Waals surface area (Å²) >= 11 is 5.90. The first-order valence-corrected chi connectivity index (χ1v) is 7.40. The maximum atomic E-state index is 13.0. The van der Waals surface area contributed by atoms with Crippen LogP contribution >= 0.6 is 11.6 Å². The molecule has 0 saturated heterocycles. The predicted octanol–water partition coefficient (Wildman–Crippen LogP) is 3.22. The molecule has 0 aliphatic heterocycles. The summed E-state index contributed by atoms with van der Waals surface area (Å²) in [6.07, 6.45) is -0.336. The molecule has 0 unspecified atom stereocenters. The average Bonchev–Trinajstić information content (AvgIpc) is 2.78. The molecule has 0 N–H and O–H groups in total. The van der Waals surface area contributed by atoms with Gasteiger partial charge < -0.3 is 4.74 Å². The number of carbonyl (C=O) groups excluding carboxylic acids is 3. The molecule has 3 rings (SSSR count). The Morgan fingerprint density at radius 2 is 1.52 bits per heavy atom. The third-order valence-electron chi connectivity index (χ3n) is 4.17. The summed E-state index contributed by atoms with van der Waals surface area (Å²) in [7, 11) is 1.23. The van der Waals surface area contributed by atoms with Crippen molar-refractivity contribution in [3.8, 4) is 0 Å². The Hall–Kier alpha value is -2.46. The van der Waals surface area contributed by atoms with Crippen molar-refractivity contribution < 1.29 is 19.1 Å². The summed E-state index contributed by atoms with van der Waals surface area (Å²) in [4.78, 5) is 37.9. The fourth-order valence-electron chi connectivity index (χ4n) is 2.99. The smallest absolute Gasteiger partial charge is 0.307 e. The lowest BCUT2D eigenvalue weighted by Crippen LogP contribution is -2.40. The predicted molar refractivity (Wildman–Crippen MR) is 84.9 cm³/mol. The van der Waals surface area contributed by atoms with E-state index in [0.717, 1.165) is 0 Å². The van der Waals surface area contributed by atoms with E-state index in [1.165, 1.54) is 7.11 Å². The van der Waals surface area contributed by atoms with Gasteiger partial charge in [0.1, 0.15) is 5.41 Å². The molecule has 1 aliphatic rings. The van der Waals surface area contributed by atoms with Crippen LogP contribution in [0.1, 0.15) is 32.7 Å². The number of esters is 1. The molecule has 0 saturated carbocycles. The number of rotatable bonds is 3. The highest BCUT2D eigenvalue weighted by molar-refractivity contribution is 6.34. The molecular weight excluding hydrogens is 316 g/mol. The Labute approximate surface area is 138 Å². The third kappa shape index (κ3) is 2.26. The standard InChI is InChI=1S/C18H13ClO4/c1-23-15(20)10-18(11-6-8-12(19)9-7-11)16(21)13-4-2-3-5-14(13)17(18)22/h2-9H,10H2,1H3. The van der Waals surface area contributed by atoms with Crippen LogP contribution in [-0.2, 0) is 14.9 Å². The van der Waals surface area contributed by atoms with Gasteiger partial charge >= 0.3 is 5.97 Å². The van der Waals surface area contributed by atoms with Gasteiger partial charge in [-0.15, -0.1) is 0 Å². The lowest BCUT2D eigenvalue weighted by Gasteiger charge is -2.25. The monoisotopic (exact) mass is 328 g/mol. The van der Waals surface area contributed by atoms with Crippen molar-refractivity contribution in [2.75, 3.05) is 7.11 Å². The maximum absolute atomic E-state index is 13.0. The summed E-state index contributed by atoms with van der Waals surface area (Å²) in [6.45, 7) is 0. The Kier molecular flexibility index (Phi) is 3.78. The van der Waals surface area contributed by atoms with Gasteiger partial charge in [0.25, 0.3) is 0 Å². The normalized spacial score (nSPS) is 15.4. The minimum atomic E-state index is -1.58. The number of carbonyl (C=O) groups is 3. The molecule has 0 atom stereocenters. The van der Waals surface area contributed by atoms with Gasteiger partial charge in [0, 0.05) is 16.1 Å². The second-order valence-corrected chi connectivity index (χ2v) is 5.81. The van der Waals surface area contributed by atoms with Crippen LogP contribution in [0.4, 0.5) is 0 Å². The summed E-state index contributed by atoms with van der Waals surface area (Å²) in [5, 5.41) is 0.484. The molecule has 0 fully saturated rings. The molecule has 0 aromatic heterocycles. The number of hydrogen-bond donors (Lipinski definition) is 0. The zero-order chi connectivity index (χ0) is 16.6. The molecule has 116 valence electrons. The minimum absolute atomic E-state index is 0.330. The summed E-state index contributed by atoms with van der Waals surface area (Å²) in [5.74, 6) is -1.38. The van der Waals surface area contributed by atoms with Crippen molar-refractivity contribution in [3.63, 3.8) is 0 Å². The molecule has 0 amide bonds. The van der Waals surface area contributed by atoms with E-state index in [9.17, 15) is 14.4 Å². The molecule has 23 heavy (non-hydrogen) atoms. The van der Waals surface area contributed by atoms with Gasteiger partial charge in [0.2, 0.25) is 0 Å². The minimum Gasteiger partial charge on any atom is -0.469 e. The van der Waals surface area contributed by atoms with E-state index in [2.05, 4.69) is 0 Å². The van der Waals surface area contributed by atoms with Crippen LogP contribution in [0.25, 0.3) is 0 Å². The molecule has 0 bridgehead atoms. The molecule has 2 aromatic carbocycles. The number of benzene rings is 2. The van der Waals surface area contributed by atoms with Crippen LogP contribution in [-0.4, -0.2) is 24.6 Å². The zero-order valence-electron chi connectivity index (χ0n) is 12.3. The van der Waals surface area contributed by atoms with Gasteiger partial charge in [0.15, 0.2) is 11.6 Å². The summed E-state index contributed by atoms with van der Waals surface area (Å²) in [5.41, 5.74) is -0.479. The largest absolute Gasteiger partial charge is 0.469 e. The Morgan fingerprint density at radius 3 is 2.00 bits per heavy atom. The average molecular weight is 329 g/mol. The molecule has 0 spiro atoms. The molecule has 4 nitrogen and oxygen atoms in total. The highest BCUT2D eigenvalue weighted by Gasteiger charge is 2.55. The highest BCUT2D eigenvalue weighted by atomic mass is 35.5. The van der Waals surface area contributed by atoms with E-state index in [0.29, 0.717) is 21.7 Å². The first kappa shape index (κ1) is 15.4. The van der Waals surface area contributed by atoms with Gasteiger partial charge in [-0.3, -0.25) is 14.4 Å². The maximum Gasteiger partial charge on any atom is 0.307 e. The second-order valence-electron chi connectivity index (χ2n) is 5.37. The highest BCUT2D eigenvalue weighted by Crippen LogP contribution is 2.42. The lowest BCUT2D eigenvalue weighted by molar-refractivity contribution is -0.141. The number of Topliss-reactive ketones (excluding diaryl/α,β-unsaturated/α-hetero) is 2. The number of fused-ring (bicyclic) bond motifs is 1. The van der Waals surface area contributed by atoms with Crippen molar-refractivity contribution in [2.45, 2.75) is 11.8 Å². The molecule has 0 radical (unpaired) electrons. The van der Waals surface area contributed by atoms with E-state index >= 15 is 0 Å². The topological polar surface area (TPSA) is 60.4 Å². The molecular formula is C18H13ClO4.